The highest BCUT2D eigenvalue weighted by Gasteiger charge is 2.33. The number of imide groups is 1. The van der Waals surface area contributed by atoms with Crippen LogP contribution in [0, 0.1) is 12.1 Å². The number of benzene rings is 3. The summed E-state index contributed by atoms with van der Waals surface area (Å²) in [5, 5.41) is 11.5. The lowest BCUT2D eigenvalue weighted by Gasteiger charge is -2.16. The molecule has 186 valence electrons. The van der Waals surface area contributed by atoms with Gasteiger partial charge in [-0.3, -0.25) is 18.7 Å². The Morgan fingerprint density at radius 2 is 1.51 bits per heavy atom. The molecule has 3 aromatic rings. The highest BCUT2D eigenvalue weighted by atomic mass is 31.2. The van der Waals surface area contributed by atoms with Gasteiger partial charge >= 0.3 is 13.5 Å². The first kappa shape index (κ1) is 25.5. The van der Waals surface area contributed by atoms with Gasteiger partial charge in [0.2, 0.25) is 0 Å². The van der Waals surface area contributed by atoms with E-state index < -0.39 is 25.3 Å². The largest absolute Gasteiger partial charge is 0.367 e. The predicted molar refractivity (Wildman–Crippen MR) is 135 cm³/mol. The van der Waals surface area contributed by atoms with E-state index in [9.17, 15) is 18.9 Å². The van der Waals surface area contributed by atoms with Crippen molar-refractivity contribution in [1.82, 2.24) is 5.06 Å². The molecule has 0 bridgehead atoms. The van der Waals surface area contributed by atoms with Crippen LogP contribution in [0.15, 0.2) is 89.1 Å². The molecule has 0 aliphatic carbocycles. The van der Waals surface area contributed by atoms with Gasteiger partial charge in [-0.15, -0.1) is 11.5 Å². The van der Waals surface area contributed by atoms with Gasteiger partial charge < -0.3 is 9.92 Å². The van der Waals surface area contributed by atoms with E-state index in [1.165, 1.54) is 24.3 Å². The third-order valence-corrected chi connectivity index (χ3v) is 6.52. The second-order valence-corrected chi connectivity index (χ2v) is 9.65. The summed E-state index contributed by atoms with van der Waals surface area (Å²) in [4.78, 5) is 40.3. The molecule has 1 fully saturated rings. The molecule has 37 heavy (non-hydrogen) atoms. The van der Waals surface area contributed by atoms with Crippen molar-refractivity contribution in [3.8, 4) is 12.1 Å². The molecule has 1 atom stereocenters. The number of hydrogen-bond acceptors (Lipinski definition) is 8. The smallest absolute Gasteiger partial charge is 0.325 e. The number of amides is 2. The Morgan fingerprint density at radius 3 is 2.11 bits per heavy atom. The number of terminal acetylenes is 1. The van der Waals surface area contributed by atoms with E-state index in [1.54, 1.807) is 24.3 Å². The summed E-state index contributed by atoms with van der Waals surface area (Å²) in [6.07, 6.45) is 5.46. The highest BCUT2D eigenvalue weighted by Crippen LogP contribution is 2.46. The minimum Gasteiger partial charge on any atom is -0.325 e. The molecule has 1 aliphatic rings. The number of nitrogens with zero attached hydrogens (tertiary/aromatic N) is 3. The van der Waals surface area contributed by atoms with Crippen LogP contribution in [-0.2, 0) is 30.1 Å². The average molecular weight is 516 g/mol. The minimum atomic E-state index is -3.71. The van der Waals surface area contributed by atoms with Gasteiger partial charge in [-0.25, -0.2) is 4.79 Å². The topological polar surface area (TPSA) is 127 Å². The molecule has 1 unspecified atom stereocenters. The van der Waals surface area contributed by atoms with Crippen LogP contribution >= 0.6 is 7.52 Å². The molecule has 0 spiro atoms. The van der Waals surface area contributed by atoms with Crippen LogP contribution in [0.4, 0.5) is 17.1 Å². The van der Waals surface area contributed by atoms with Crippen molar-refractivity contribution in [1.29, 1.82) is 0 Å². The zero-order valence-corrected chi connectivity index (χ0v) is 20.3. The van der Waals surface area contributed by atoms with Crippen molar-refractivity contribution in [2.75, 3.05) is 5.09 Å². The van der Waals surface area contributed by atoms with Crippen LogP contribution < -0.4 is 5.09 Å². The Hall–Kier alpha value is -4.58. The molecule has 0 radical (unpaired) electrons. The summed E-state index contributed by atoms with van der Waals surface area (Å²) in [6.45, 7) is -0.0209. The summed E-state index contributed by atoms with van der Waals surface area (Å²) in [5.74, 6) is -2.02. The number of nitrogens with one attached hydrogen (secondary N) is 1. The van der Waals surface area contributed by atoms with Gasteiger partial charge in [0.25, 0.3) is 11.8 Å². The van der Waals surface area contributed by atoms with E-state index in [0.717, 1.165) is 11.3 Å². The first-order valence-corrected chi connectivity index (χ1v) is 12.7. The molecule has 1 saturated heterocycles. The molecule has 3 aromatic carbocycles. The van der Waals surface area contributed by atoms with Crippen molar-refractivity contribution in [3.63, 3.8) is 0 Å². The summed E-state index contributed by atoms with van der Waals surface area (Å²) in [5.41, 5.74) is 4.67. The number of carbonyl (C=O) groups excluding carboxylic acids is 3. The first-order valence-electron chi connectivity index (χ1n) is 11.1. The molecular weight excluding hydrogens is 495 g/mol. The van der Waals surface area contributed by atoms with E-state index >= 15 is 0 Å². The average Bonchev–Trinajstić information content (AvgIpc) is 3.24. The lowest BCUT2D eigenvalue weighted by atomic mass is 10.2. The van der Waals surface area contributed by atoms with Gasteiger partial charge in [0, 0.05) is 24.2 Å². The standard InChI is InChI=1S/C26H21N4O6P/c1-2-37(34,35-18-19-8-12-22(13-9-19)28-27-21-6-4-3-5-7-21)29-23-14-10-20(11-15-23)26(33)36-30-24(31)16-17-25(30)32/h1,3-15H,16-18H2,(H,29,34). The first-order chi connectivity index (χ1) is 17.8. The molecule has 1 heterocycles. The van der Waals surface area contributed by atoms with Gasteiger partial charge in [-0.05, 0) is 54.1 Å². The third-order valence-electron chi connectivity index (χ3n) is 5.13. The molecule has 0 aromatic heterocycles. The van der Waals surface area contributed by atoms with E-state index in [-0.39, 0.29) is 25.0 Å². The molecule has 11 heteroatoms. The quantitative estimate of drug-likeness (QED) is 0.166. The summed E-state index contributed by atoms with van der Waals surface area (Å²) >= 11 is 0. The normalized spacial score (nSPS) is 14.8. The van der Waals surface area contributed by atoms with Crippen molar-refractivity contribution >= 4 is 42.4 Å². The number of hydrogen-bond donors (Lipinski definition) is 1. The van der Waals surface area contributed by atoms with E-state index in [2.05, 4.69) is 21.0 Å². The Kier molecular flexibility index (Phi) is 7.89. The van der Waals surface area contributed by atoms with Crippen molar-refractivity contribution in [3.05, 3.63) is 90.0 Å². The molecule has 2 amide bonds. The SMILES string of the molecule is C#CP(=O)(Nc1ccc(C(=O)ON2C(=O)CCC2=O)cc1)OCc1ccc(N=Nc2ccccc2)cc1. The predicted octanol–water partition coefficient (Wildman–Crippen LogP) is 5.74. The van der Waals surface area contributed by atoms with Crippen molar-refractivity contribution in [2.24, 2.45) is 10.2 Å². The minimum absolute atomic E-state index is 0.000106. The van der Waals surface area contributed by atoms with Crippen molar-refractivity contribution in [2.45, 2.75) is 19.4 Å². The maximum Gasteiger partial charge on any atom is 0.367 e. The fraction of sp³-hybridized carbons (Fsp3) is 0.115. The second-order valence-electron chi connectivity index (χ2n) is 7.81. The number of rotatable bonds is 9. The third kappa shape index (κ3) is 6.76. The van der Waals surface area contributed by atoms with Gasteiger partial charge in [-0.2, -0.15) is 10.2 Å². The Bertz CT molecular complexity index is 1400. The molecule has 4 rings (SSSR count). The summed E-state index contributed by atoms with van der Waals surface area (Å²) in [6, 6.07) is 22.0. The van der Waals surface area contributed by atoms with Crippen LogP contribution in [0.2, 0.25) is 0 Å². The van der Waals surface area contributed by atoms with E-state index in [1.807, 2.05) is 30.3 Å². The molecule has 1 aliphatic heterocycles. The fourth-order valence-corrected chi connectivity index (χ4v) is 4.20. The van der Waals surface area contributed by atoms with Gasteiger partial charge in [0.05, 0.1) is 23.5 Å². The number of carbonyl (C=O) groups is 3. The van der Waals surface area contributed by atoms with Gasteiger partial charge in [0.15, 0.2) is 0 Å². The van der Waals surface area contributed by atoms with E-state index in [4.69, 9.17) is 15.8 Å². The van der Waals surface area contributed by atoms with Crippen molar-refractivity contribution < 1.29 is 28.3 Å². The monoisotopic (exact) mass is 516 g/mol. The highest BCUT2D eigenvalue weighted by molar-refractivity contribution is 7.65. The second kappa shape index (κ2) is 11.4. The van der Waals surface area contributed by atoms with Crippen LogP contribution in [0.25, 0.3) is 0 Å². The van der Waals surface area contributed by atoms with Crippen LogP contribution in [0.5, 0.6) is 0 Å². The van der Waals surface area contributed by atoms with Crippen LogP contribution in [0.1, 0.15) is 28.8 Å². The number of azo groups is 1. The maximum atomic E-state index is 13.0. The lowest BCUT2D eigenvalue weighted by Crippen LogP contribution is -2.32. The molecule has 0 saturated carbocycles. The number of anilines is 1. The molecular formula is C26H21N4O6P. The summed E-state index contributed by atoms with van der Waals surface area (Å²) in [7, 11) is -3.71. The lowest BCUT2D eigenvalue weighted by molar-refractivity contribution is -0.172. The fourth-order valence-electron chi connectivity index (χ4n) is 3.18. The summed E-state index contributed by atoms with van der Waals surface area (Å²) < 4.78 is 18.5. The van der Waals surface area contributed by atoms with E-state index in [0.29, 0.717) is 16.4 Å². The molecule has 10 nitrogen and oxygen atoms in total. The zero-order chi connectivity index (χ0) is 26.3. The Morgan fingerprint density at radius 1 is 0.919 bits per heavy atom. The Balaban J connectivity index is 1.32. The molecule has 1 N–H and O–H groups in total. The van der Waals surface area contributed by atoms with Crippen LogP contribution in [-0.4, -0.2) is 22.8 Å². The van der Waals surface area contributed by atoms with Crippen LogP contribution in [0.3, 0.4) is 0 Å². The van der Waals surface area contributed by atoms with Gasteiger partial charge in [0.1, 0.15) is 0 Å². The maximum absolute atomic E-state index is 13.0. The zero-order valence-electron chi connectivity index (χ0n) is 19.4. The van der Waals surface area contributed by atoms with Gasteiger partial charge in [-0.1, -0.05) is 30.3 Å². The Labute approximate surface area is 212 Å². The number of hydroxylamine groups is 2.